The second kappa shape index (κ2) is 8.65. The molecule has 2 aromatic carbocycles. The molecule has 1 fully saturated rings. The zero-order valence-corrected chi connectivity index (χ0v) is 15.5. The fourth-order valence-electron chi connectivity index (χ4n) is 3.17. The molecule has 0 aliphatic carbocycles. The summed E-state index contributed by atoms with van der Waals surface area (Å²) in [6.45, 7) is 1.19. The van der Waals surface area contributed by atoms with Crippen LogP contribution >= 0.6 is 0 Å². The predicted molar refractivity (Wildman–Crippen MR) is 98.0 cm³/mol. The molecule has 2 aromatic rings. The van der Waals surface area contributed by atoms with Gasteiger partial charge < -0.3 is 14.4 Å². The lowest BCUT2D eigenvalue weighted by atomic mass is 10.0. The molecular formula is C21H22F3NO3. The number of nitrogens with zero attached hydrogens (tertiary/aromatic N) is 1. The van der Waals surface area contributed by atoms with Crippen molar-refractivity contribution in [3.05, 3.63) is 65.2 Å². The van der Waals surface area contributed by atoms with E-state index >= 15 is 0 Å². The number of morpholine rings is 1. The first kappa shape index (κ1) is 20.2. The number of aryl methyl sites for hydroxylation is 1. The highest BCUT2D eigenvalue weighted by Gasteiger charge is 2.31. The molecule has 28 heavy (non-hydrogen) atoms. The third kappa shape index (κ3) is 5.04. The molecule has 1 saturated heterocycles. The van der Waals surface area contributed by atoms with Crippen molar-refractivity contribution in [1.82, 2.24) is 4.90 Å². The number of carbonyl (C=O) groups is 1. The van der Waals surface area contributed by atoms with Crippen LogP contribution in [-0.4, -0.2) is 37.6 Å². The van der Waals surface area contributed by atoms with E-state index in [9.17, 15) is 18.0 Å². The van der Waals surface area contributed by atoms with E-state index in [1.807, 2.05) is 24.3 Å². The van der Waals surface area contributed by atoms with Crippen LogP contribution in [0.2, 0.25) is 0 Å². The Morgan fingerprint density at radius 1 is 1.14 bits per heavy atom. The number of alkyl halides is 3. The van der Waals surface area contributed by atoms with Gasteiger partial charge in [0.25, 0.3) is 0 Å². The maximum atomic E-state index is 12.7. The Kier molecular flexibility index (Phi) is 6.24. The standard InChI is InChI=1S/C21H22F3NO3/c1-27-18-9-2-15(3-10-18)4-11-20(26)25-12-13-28-19(14-25)16-5-7-17(8-6-16)21(22,23)24/h2-3,5-10,19H,4,11-14H2,1H3/t19-/m1/s1. The number of hydrogen-bond acceptors (Lipinski definition) is 3. The van der Waals surface area contributed by atoms with Crippen molar-refractivity contribution in [1.29, 1.82) is 0 Å². The highest BCUT2D eigenvalue weighted by atomic mass is 19.4. The van der Waals surface area contributed by atoms with Crippen LogP contribution in [0.5, 0.6) is 5.75 Å². The van der Waals surface area contributed by atoms with Crippen LogP contribution in [0.4, 0.5) is 13.2 Å². The summed E-state index contributed by atoms with van der Waals surface area (Å²) in [6.07, 6.45) is -3.80. The molecule has 1 aliphatic heterocycles. The summed E-state index contributed by atoms with van der Waals surface area (Å²) in [7, 11) is 1.60. The summed E-state index contributed by atoms with van der Waals surface area (Å²) in [4.78, 5) is 14.3. The van der Waals surface area contributed by atoms with Crippen LogP contribution in [0.15, 0.2) is 48.5 Å². The Labute approximate surface area is 161 Å². The first-order chi connectivity index (χ1) is 13.4. The summed E-state index contributed by atoms with van der Waals surface area (Å²) in [5, 5.41) is 0. The Morgan fingerprint density at radius 2 is 1.82 bits per heavy atom. The van der Waals surface area contributed by atoms with Crippen molar-refractivity contribution in [2.24, 2.45) is 0 Å². The zero-order chi connectivity index (χ0) is 20.1. The third-order valence-corrected chi connectivity index (χ3v) is 4.82. The van der Waals surface area contributed by atoms with E-state index in [1.54, 1.807) is 12.0 Å². The molecule has 0 N–H and O–H groups in total. The molecule has 0 unspecified atom stereocenters. The SMILES string of the molecule is COc1ccc(CCC(=O)N2CCO[C@@H](c3ccc(C(F)(F)F)cc3)C2)cc1. The maximum Gasteiger partial charge on any atom is 0.416 e. The molecule has 150 valence electrons. The minimum absolute atomic E-state index is 0.0102. The predicted octanol–water partition coefficient (Wildman–Crippen LogP) is 4.25. The van der Waals surface area contributed by atoms with Crippen molar-refractivity contribution in [2.45, 2.75) is 25.1 Å². The summed E-state index contributed by atoms with van der Waals surface area (Å²) in [6, 6.07) is 12.5. The van der Waals surface area contributed by atoms with Gasteiger partial charge in [-0.05, 0) is 41.8 Å². The zero-order valence-electron chi connectivity index (χ0n) is 15.5. The fraction of sp³-hybridized carbons (Fsp3) is 0.381. The summed E-state index contributed by atoms with van der Waals surface area (Å²) < 4.78 is 48.9. The number of carbonyl (C=O) groups excluding carboxylic acids is 1. The van der Waals surface area contributed by atoms with E-state index in [-0.39, 0.29) is 5.91 Å². The number of hydrogen-bond donors (Lipinski definition) is 0. The molecule has 1 heterocycles. The number of methoxy groups -OCH3 is 1. The quantitative estimate of drug-likeness (QED) is 0.763. The molecule has 4 nitrogen and oxygen atoms in total. The first-order valence-electron chi connectivity index (χ1n) is 9.06. The lowest BCUT2D eigenvalue weighted by Gasteiger charge is -2.33. The molecule has 1 amide bonds. The molecule has 0 spiro atoms. The van der Waals surface area contributed by atoms with Gasteiger partial charge in [-0.2, -0.15) is 13.2 Å². The second-order valence-corrected chi connectivity index (χ2v) is 6.67. The fourth-order valence-corrected chi connectivity index (χ4v) is 3.17. The largest absolute Gasteiger partial charge is 0.497 e. The van der Waals surface area contributed by atoms with E-state index in [4.69, 9.17) is 9.47 Å². The van der Waals surface area contributed by atoms with E-state index < -0.39 is 17.8 Å². The number of amides is 1. The van der Waals surface area contributed by atoms with E-state index in [1.165, 1.54) is 12.1 Å². The van der Waals surface area contributed by atoms with Gasteiger partial charge in [-0.15, -0.1) is 0 Å². The Morgan fingerprint density at radius 3 is 2.43 bits per heavy atom. The third-order valence-electron chi connectivity index (χ3n) is 4.82. The smallest absolute Gasteiger partial charge is 0.416 e. The van der Waals surface area contributed by atoms with E-state index in [0.717, 1.165) is 23.4 Å². The highest BCUT2D eigenvalue weighted by Crippen LogP contribution is 2.31. The minimum atomic E-state index is -4.37. The lowest BCUT2D eigenvalue weighted by Crippen LogP contribution is -2.42. The van der Waals surface area contributed by atoms with Gasteiger partial charge >= 0.3 is 6.18 Å². The first-order valence-corrected chi connectivity index (χ1v) is 9.06. The molecule has 0 aromatic heterocycles. The number of halogens is 3. The van der Waals surface area contributed by atoms with Gasteiger partial charge in [0, 0.05) is 13.0 Å². The highest BCUT2D eigenvalue weighted by molar-refractivity contribution is 5.76. The summed E-state index contributed by atoms with van der Waals surface area (Å²) in [5.74, 6) is 0.777. The molecule has 7 heteroatoms. The molecule has 1 aliphatic rings. The Bertz CT molecular complexity index is 788. The van der Waals surface area contributed by atoms with Crippen molar-refractivity contribution >= 4 is 5.91 Å². The lowest BCUT2D eigenvalue weighted by molar-refractivity contribution is -0.139. The monoisotopic (exact) mass is 393 g/mol. The van der Waals surface area contributed by atoms with E-state index in [2.05, 4.69) is 0 Å². The average molecular weight is 393 g/mol. The maximum absolute atomic E-state index is 12.7. The summed E-state index contributed by atoms with van der Waals surface area (Å²) in [5.41, 5.74) is 0.988. The van der Waals surface area contributed by atoms with Gasteiger partial charge in [0.2, 0.25) is 5.91 Å². The number of rotatable bonds is 5. The van der Waals surface area contributed by atoms with Crippen molar-refractivity contribution < 1.29 is 27.4 Å². The van der Waals surface area contributed by atoms with Gasteiger partial charge in [0.05, 0.1) is 25.8 Å². The minimum Gasteiger partial charge on any atom is -0.497 e. The van der Waals surface area contributed by atoms with Gasteiger partial charge in [0.1, 0.15) is 11.9 Å². The van der Waals surface area contributed by atoms with Crippen LogP contribution in [0.25, 0.3) is 0 Å². The molecule has 0 bridgehead atoms. The van der Waals surface area contributed by atoms with E-state index in [0.29, 0.717) is 38.1 Å². The van der Waals surface area contributed by atoms with Gasteiger partial charge in [-0.3, -0.25) is 4.79 Å². The van der Waals surface area contributed by atoms with Gasteiger partial charge in [-0.1, -0.05) is 24.3 Å². The van der Waals surface area contributed by atoms with Crippen LogP contribution in [0.3, 0.4) is 0 Å². The van der Waals surface area contributed by atoms with Crippen LogP contribution in [0.1, 0.15) is 29.2 Å². The van der Waals surface area contributed by atoms with Gasteiger partial charge in [-0.25, -0.2) is 0 Å². The summed E-state index contributed by atoms with van der Waals surface area (Å²) >= 11 is 0. The van der Waals surface area contributed by atoms with Crippen molar-refractivity contribution in [3.8, 4) is 5.75 Å². The van der Waals surface area contributed by atoms with Crippen LogP contribution in [0, 0.1) is 0 Å². The number of benzene rings is 2. The molecular weight excluding hydrogens is 371 g/mol. The molecule has 1 atom stereocenters. The average Bonchev–Trinajstić information content (AvgIpc) is 2.72. The van der Waals surface area contributed by atoms with Crippen LogP contribution in [-0.2, 0) is 22.1 Å². The van der Waals surface area contributed by atoms with Crippen molar-refractivity contribution in [3.63, 3.8) is 0 Å². The normalized spacial score (nSPS) is 17.4. The molecule has 0 saturated carbocycles. The van der Waals surface area contributed by atoms with Crippen molar-refractivity contribution in [2.75, 3.05) is 26.8 Å². The molecule has 0 radical (unpaired) electrons. The molecule has 3 rings (SSSR count). The Hall–Kier alpha value is -2.54. The topological polar surface area (TPSA) is 38.8 Å². The number of ether oxygens (including phenoxy) is 2. The second-order valence-electron chi connectivity index (χ2n) is 6.67. The van der Waals surface area contributed by atoms with Gasteiger partial charge in [0.15, 0.2) is 0 Å². The van der Waals surface area contributed by atoms with Crippen LogP contribution < -0.4 is 4.74 Å². The Balaban J connectivity index is 1.56.